The summed E-state index contributed by atoms with van der Waals surface area (Å²) in [5.41, 5.74) is 2.19. The number of benzene rings is 1. The first-order valence-electron chi connectivity index (χ1n) is 5.19. The first-order valence-corrected chi connectivity index (χ1v) is 6.07. The maximum Gasteiger partial charge on any atom is 0.146 e. The van der Waals surface area contributed by atoms with Crippen molar-refractivity contribution in [2.75, 3.05) is 12.4 Å². The molecule has 0 aliphatic rings. The van der Waals surface area contributed by atoms with Crippen molar-refractivity contribution in [1.82, 2.24) is 4.98 Å². The zero-order valence-corrected chi connectivity index (χ0v) is 10.4. The van der Waals surface area contributed by atoms with Crippen molar-refractivity contribution in [2.24, 2.45) is 0 Å². The molecule has 0 aliphatic carbocycles. The first-order chi connectivity index (χ1) is 8.20. The molecule has 0 bridgehead atoms. The molecular formula is C12H13FN2OS. The van der Waals surface area contributed by atoms with Gasteiger partial charge in [-0.25, -0.2) is 4.39 Å². The maximum absolute atomic E-state index is 13.6. The molecule has 1 unspecified atom stereocenters. The van der Waals surface area contributed by atoms with Crippen LogP contribution in [0.2, 0.25) is 0 Å². The topological polar surface area (TPSA) is 34.1 Å². The van der Waals surface area contributed by atoms with Gasteiger partial charge in [0.05, 0.1) is 24.3 Å². The van der Waals surface area contributed by atoms with Gasteiger partial charge in [-0.05, 0) is 19.1 Å². The fourth-order valence-electron chi connectivity index (χ4n) is 1.49. The summed E-state index contributed by atoms with van der Waals surface area (Å²) in [5.74, 6) is 0.340. The summed E-state index contributed by atoms with van der Waals surface area (Å²) in [6.07, 6.45) is 1.78. The van der Waals surface area contributed by atoms with E-state index in [1.807, 2.05) is 6.92 Å². The lowest BCUT2D eigenvalue weighted by molar-refractivity contribution is 0.414. The van der Waals surface area contributed by atoms with Crippen LogP contribution in [-0.4, -0.2) is 12.1 Å². The fourth-order valence-corrected chi connectivity index (χ4v) is 2.11. The number of nitrogens with zero attached hydrogens (tertiary/aromatic N) is 1. The fraction of sp³-hybridized carbons (Fsp3) is 0.250. The minimum absolute atomic E-state index is 0.0177. The van der Waals surface area contributed by atoms with Gasteiger partial charge in [-0.1, -0.05) is 0 Å². The zero-order valence-electron chi connectivity index (χ0n) is 9.61. The lowest BCUT2D eigenvalue weighted by Gasteiger charge is -2.14. The van der Waals surface area contributed by atoms with Crippen molar-refractivity contribution in [2.45, 2.75) is 13.0 Å². The number of nitrogens with one attached hydrogen (secondary N) is 1. The number of methoxy groups -OCH3 is 1. The lowest BCUT2D eigenvalue weighted by atomic mass is 10.2. The third-order valence-corrected chi connectivity index (χ3v) is 3.38. The number of rotatable bonds is 4. The van der Waals surface area contributed by atoms with E-state index in [1.165, 1.54) is 17.4 Å². The molecule has 1 heterocycles. The van der Waals surface area contributed by atoms with Gasteiger partial charge in [-0.3, -0.25) is 4.98 Å². The van der Waals surface area contributed by atoms with E-state index in [1.54, 1.807) is 30.9 Å². The molecule has 2 aromatic rings. The Morgan fingerprint density at radius 2 is 2.29 bits per heavy atom. The van der Waals surface area contributed by atoms with Gasteiger partial charge >= 0.3 is 0 Å². The monoisotopic (exact) mass is 252 g/mol. The molecule has 1 aromatic carbocycles. The van der Waals surface area contributed by atoms with E-state index in [0.29, 0.717) is 11.4 Å². The second-order valence-electron chi connectivity index (χ2n) is 3.62. The van der Waals surface area contributed by atoms with Crippen LogP contribution in [0.15, 0.2) is 29.9 Å². The molecule has 1 aromatic heterocycles. The van der Waals surface area contributed by atoms with Crippen LogP contribution in [0, 0.1) is 5.82 Å². The SMILES string of the molecule is COc1ccc(F)c(NC(C)c2cncs2)c1. The highest BCUT2D eigenvalue weighted by molar-refractivity contribution is 7.09. The Kier molecular flexibility index (Phi) is 3.58. The third-order valence-electron chi connectivity index (χ3n) is 2.42. The van der Waals surface area contributed by atoms with Crippen LogP contribution in [-0.2, 0) is 0 Å². The van der Waals surface area contributed by atoms with Crippen molar-refractivity contribution in [3.8, 4) is 5.75 Å². The molecule has 1 N–H and O–H groups in total. The number of anilines is 1. The van der Waals surface area contributed by atoms with Gasteiger partial charge in [-0.2, -0.15) is 0 Å². The Balaban J connectivity index is 2.18. The standard InChI is InChI=1S/C12H13FN2OS/c1-8(12-6-14-7-17-12)15-11-5-9(16-2)3-4-10(11)13/h3-8,15H,1-2H3. The van der Waals surface area contributed by atoms with Crippen LogP contribution in [0.25, 0.3) is 0 Å². The molecule has 0 saturated heterocycles. The van der Waals surface area contributed by atoms with E-state index < -0.39 is 0 Å². The number of aromatic nitrogens is 1. The van der Waals surface area contributed by atoms with E-state index in [9.17, 15) is 4.39 Å². The normalized spacial score (nSPS) is 12.2. The Hall–Kier alpha value is -1.62. The van der Waals surface area contributed by atoms with Crippen LogP contribution >= 0.6 is 11.3 Å². The molecule has 0 fully saturated rings. The molecular weight excluding hydrogens is 239 g/mol. The van der Waals surface area contributed by atoms with E-state index in [-0.39, 0.29) is 11.9 Å². The number of hydrogen-bond acceptors (Lipinski definition) is 4. The predicted molar refractivity (Wildman–Crippen MR) is 67.1 cm³/mol. The van der Waals surface area contributed by atoms with Crippen molar-refractivity contribution in [1.29, 1.82) is 0 Å². The Bertz CT molecular complexity index is 487. The lowest BCUT2D eigenvalue weighted by Crippen LogP contribution is -2.06. The number of thiazole rings is 1. The van der Waals surface area contributed by atoms with Gasteiger partial charge in [-0.15, -0.1) is 11.3 Å². The van der Waals surface area contributed by atoms with E-state index >= 15 is 0 Å². The molecule has 3 nitrogen and oxygen atoms in total. The van der Waals surface area contributed by atoms with Crippen molar-refractivity contribution < 1.29 is 9.13 Å². The molecule has 0 aliphatic heterocycles. The van der Waals surface area contributed by atoms with Crippen molar-refractivity contribution in [3.63, 3.8) is 0 Å². The molecule has 0 saturated carbocycles. The van der Waals surface area contributed by atoms with Crippen molar-refractivity contribution in [3.05, 3.63) is 40.6 Å². The second kappa shape index (κ2) is 5.14. The minimum Gasteiger partial charge on any atom is -0.497 e. The summed E-state index contributed by atoms with van der Waals surface area (Å²) in [4.78, 5) is 5.06. The van der Waals surface area contributed by atoms with Crippen LogP contribution in [0.1, 0.15) is 17.8 Å². The molecule has 5 heteroatoms. The average Bonchev–Trinajstić information content (AvgIpc) is 2.85. The summed E-state index contributed by atoms with van der Waals surface area (Å²) in [5, 5.41) is 3.10. The van der Waals surface area contributed by atoms with Gasteiger partial charge in [0, 0.05) is 17.1 Å². The smallest absolute Gasteiger partial charge is 0.146 e. The molecule has 0 spiro atoms. The van der Waals surface area contributed by atoms with Gasteiger partial charge in [0.1, 0.15) is 11.6 Å². The highest BCUT2D eigenvalue weighted by atomic mass is 32.1. The van der Waals surface area contributed by atoms with E-state index in [0.717, 1.165) is 4.88 Å². The van der Waals surface area contributed by atoms with Gasteiger partial charge < -0.3 is 10.1 Å². The Labute approximate surface area is 103 Å². The van der Waals surface area contributed by atoms with E-state index in [4.69, 9.17) is 4.74 Å². The van der Waals surface area contributed by atoms with Gasteiger partial charge in [0.2, 0.25) is 0 Å². The van der Waals surface area contributed by atoms with E-state index in [2.05, 4.69) is 10.3 Å². The highest BCUT2D eigenvalue weighted by Crippen LogP contribution is 2.26. The molecule has 0 amide bonds. The summed E-state index contributed by atoms with van der Waals surface area (Å²) in [6, 6.07) is 4.65. The summed E-state index contributed by atoms with van der Waals surface area (Å²) >= 11 is 1.54. The average molecular weight is 252 g/mol. The Morgan fingerprint density at radius 3 is 2.94 bits per heavy atom. The molecule has 0 radical (unpaired) electrons. The number of hydrogen-bond donors (Lipinski definition) is 1. The highest BCUT2D eigenvalue weighted by Gasteiger charge is 2.10. The van der Waals surface area contributed by atoms with Crippen LogP contribution < -0.4 is 10.1 Å². The molecule has 90 valence electrons. The predicted octanol–water partition coefficient (Wildman–Crippen LogP) is 3.46. The number of ether oxygens (including phenoxy) is 1. The van der Waals surface area contributed by atoms with Crippen molar-refractivity contribution >= 4 is 17.0 Å². The van der Waals surface area contributed by atoms with Crippen LogP contribution in [0.5, 0.6) is 5.75 Å². The summed E-state index contributed by atoms with van der Waals surface area (Å²) < 4.78 is 18.6. The first kappa shape index (κ1) is 11.9. The molecule has 17 heavy (non-hydrogen) atoms. The zero-order chi connectivity index (χ0) is 12.3. The molecule has 1 atom stereocenters. The Morgan fingerprint density at radius 1 is 1.47 bits per heavy atom. The number of halogens is 1. The summed E-state index contributed by atoms with van der Waals surface area (Å²) in [6.45, 7) is 1.96. The quantitative estimate of drug-likeness (QED) is 0.904. The van der Waals surface area contributed by atoms with Crippen LogP contribution in [0.4, 0.5) is 10.1 Å². The molecule has 2 rings (SSSR count). The second-order valence-corrected chi connectivity index (χ2v) is 4.53. The maximum atomic E-state index is 13.6. The van der Waals surface area contributed by atoms with Gasteiger partial charge in [0.25, 0.3) is 0 Å². The summed E-state index contributed by atoms with van der Waals surface area (Å²) in [7, 11) is 1.56. The third kappa shape index (κ3) is 2.74. The largest absolute Gasteiger partial charge is 0.497 e. The van der Waals surface area contributed by atoms with Gasteiger partial charge in [0.15, 0.2) is 0 Å². The minimum atomic E-state index is -0.290. The van der Waals surface area contributed by atoms with Crippen LogP contribution in [0.3, 0.4) is 0 Å².